The molecule has 0 radical (unpaired) electrons. The number of aromatic nitrogens is 1. The van der Waals surface area contributed by atoms with Crippen molar-refractivity contribution in [2.45, 2.75) is 59.8 Å². The number of carboxylic acids is 1. The van der Waals surface area contributed by atoms with E-state index in [1.165, 1.54) is 5.56 Å². The number of oxazole rings is 1. The van der Waals surface area contributed by atoms with Gasteiger partial charge in [0.1, 0.15) is 11.5 Å². The van der Waals surface area contributed by atoms with Crippen LogP contribution in [-0.2, 0) is 24.1 Å². The Balaban J connectivity index is 1.64. The summed E-state index contributed by atoms with van der Waals surface area (Å²) in [6, 6.07) is 12.1. The molecule has 0 amide bonds. The maximum absolute atomic E-state index is 10.9. The molecule has 0 spiro atoms. The van der Waals surface area contributed by atoms with E-state index in [4.69, 9.17) is 19.2 Å². The number of hydrogen-bond acceptors (Lipinski definition) is 5. The summed E-state index contributed by atoms with van der Waals surface area (Å²) in [7, 11) is 0. The fourth-order valence-electron chi connectivity index (χ4n) is 3.76. The van der Waals surface area contributed by atoms with E-state index in [9.17, 15) is 4.79 Å². The smallest absolute Gasteiger partial charge is 0.303 e. The van der Waals surface area contributed by atoms with Gasteiger partial charge in [-0.2, -0.15) is 0 Å². The summed E-state index contributed by atoms with van der Waals surface area (Å²) in [6.45, 7) is 9.66. The Kier molecular flexibility index (Phi) is 8.52. The number of nitrogens with one attached hydrogen (secondary N) is 1. The minimum atomic E-state index is -0.779. The van der Waals surface area contributed by atoms with Gasteiger partial charge in [-0.15, -0.1) is 0 Å². The minimum absolute atomic E-state index is 0.137. The molecule has 6 heteroatoms. The Hall–Kier alpha value is -3.28. The normalized spacial score (nSPS) is 10.9. The lowest BCUT2D eigenvalue weighted by Gasteiger charge is -2.11. The summed E-state index contributed by atoms with van der Waals surface area (Å²) in [4.78, 5) is 15.6. The molecule has 0 aliphatic heterocycles. The van der Waals surface area contributed by atoms with Crippen LogP contribution < -0.4 is 10.1 Å². The number of anilines is 1. The summed E-state index contributed by atoms with van der Waals surface area (Å²) in [5.74, 6) is 1.44. The van der Waals surface area contributed by atoms with Crippen molar-refractivity contribution in [2.75, 3.05) is 18.5 Å². The van der Waals surface area contributed by atoms with E-state index in [2.05, 4.69) is 38.2 Å². The van der Waals surface area contributed by atoms with Crippen LogP contribution in [0.5, 0.6) is 5.75 Å². The SMILES string of the molecule is CCCNc1cc(-c2nc(CCOc3ccc(CCC(=O)O)c(CC)c3)c(C)o2)ccc1C. The van der Waals surface area contributed by atoms with Gasteiger partial charge in [-0.1, -0.05) is 26.0 Å². The Morgan fingerprint density at radius 2 is 1.91 bits per heavy atom. The van der Waals surface area contributed by atoms with Gasteiger partial charge in [0.15, 0.2) is 0 Å². The number of nitrogens with zero attached hydrogens (tertiary/aromatic N) is 1. The predicted octanol–water partition coefficient (Wildman–Crippen LogP) is 5.98. The monoisotopic (exact) mass is 450 g/mol. The van der Waals surface area contributed by atoms with Crippen LogP contribution >= 0.6 is 0 Å². The second-order valence-corrected chi connectivity index (χ2v) is 8.25. The molecule has 1 heterocycles. The molecule has 0 saturated heterocycles. The molecule has 2 N–H and O–H groups in total. The Bertz CT molecular complexity index is 1090. The van der Waals surface area contributed by atoms with Crippen LogP contribution in [0.2, 0.25) is 0 Å². The molecule has 0 aliphatic rings. The fourth-order valence-corrected chi connectivity index (χ4v) is 3.76. The molecule has 2 aromatic carbocycles. The molecule has 0 bridgehead atoms. The molecular weight excluding hydrogens is 416 g/mol. The number of benzene rings is 2. The molecular formula is C27H34N2O4. The van der Waals surface area contributed by atoms with Crippen LogP contribution in [-0.4, -0.2) is 29.2 Å². The van der Waals surface area contributed by atoms with E-state index in [0.29, 0.717) is 25.3 Å². The summed E-state index contributed by atoms with van der Waals surface area (Å²) >= 11 is 0. The molecule has 0 atom stereocenters. The van der Waals surface area contributed by atoms with Crippen molar-refractivity contribution in [3.63, 3.8) is 0 Å². The zero-order valence-corrected chi connectivity index (χ0v) is 20.0. The van der Waals surface area contributed by atoms with E-state index in [0.717, 1.165) is 59.0 Å². The third-order valence-electron chi connectivity index (χ3n) is 5.72. The third kappa shape index (κ3) is 6.60. The van der Waals surface area contributed by atoms with Crippen LogP contribution in [0.4, 0.5) is 5.69 Å². The van der Waals surface area contributed by atoms with Crippen molar-refractivity contribution in [3.8, 4) is 17.2 Å². The number of carboxylic acid groups (broad SMARTS) is 1. The molecule has 0 saturated carbocycles. The quantitative estimate of drug-likeness (QED) is 0.353. The van der Waals surface area contributed by atoms with Gasteiger partial charge < -0.3 is 19.6 Å². The van der Waals surface area contributed by atoms with Gasteiger partial charge in [-0.25, -0.2) is 4.98 Å². The summed E-state index contributed by atoms with van der Waals surface area (Å²) < 4.78 is 11.9. The molecule has 33 heavy (non-hydrogen) atoms. The maximum atomic E-state index is 10.9. The van der Waals surface area contributed by atoms with Crippen molar-refractivity contribution in [1.29, 1.82) is 0 Å². The van der Waals surface area contributed by atoms with Crippen molar-refractivity contribution >= 4 is 11.7 Å². The summed E-state index contributed by atoms with van der Waals surface area (Å²) in [5, 5.41) is 12.4. The van der Waals surface area contributed by atoms with Gasteiger partial charge in [0.25, 0.3) is 0 Å². The highest BCUT2D eigenvalue weighted by atomic mass is 16.5. The van der Waals surface area contributed by atoms with E-state index >= 15 is 0 Å². The average Bonchev–Trinajstić information content (AvgIpc) is 3.17. The number of hydrogen-bond donors (Lipinski definition) is 2. The van der Waals surface area contributed by atoms with Crippen molar-refractivity contribution in [2.24, 2.45) is 0 Å². The molecule has 0 aliphatic carbocycles. The molecule has 6 nitrogen and oxygen atoms in total. The maximum Gasteiger partial charge on any atom is 0.303 e. The zero-order chi connectivity index (χ0) is 23.8. The first-order chi connectivity index (χ1) is 15.9. The average molecular weight is 451 g/mol. The lowest BCUT2D eigenvalue weighted by Crippen LogP contribution is -2.04. The van der Waals surface area contributed by atoms with Gasteiger partial charge in [-0.3, -0.25) is 4.79 Å². The second-order valence-electron chi connectivity index (χ2n) is 8.25. The first-order valence-electron chi connectivity index (χ1n) is 11.7. The summed E-state index contributed by atoms with van der Waals surface area (Å²) in [5.41, 5.74) is 6.34. The highest BCUT2D eigenvalue weighted by Crippen LogP contribution is 2.27. The van der Waals surface area contributed by atoms with Gasteiger partial charge in [0.2, 0.25) is 5.89 Å². The minimum Gasteiger partial charge on any atom is -0.493 e. The standard InChI is InChI=1S/C27H34N2O4/c1-5-14-28-25-17-22(8-7-18(25)3)27-29-24(19(4)33-27)13-15-32-23-11-9-21(10-12-26(30)31)20(6-2)16-23/h7-9,11,16-17,28H,5-6,10,12-15H2,1-4H3,(H,30,31). The molecule has 176 valence electrons. The Morgan fingerprint density at radius 1 is 1.09 bits per heavy atom. The number of ether oxygens (including phenoxy) is 1. The third-order valence-corrected chi connectivity index (χ3v) is 5.72. The van der Waals surface area contributed by atoms with Crippen LogP contribution in [0, 0.1) is 13.8 Å². The van der Waals surface area contributed by atoms with Crippen molar-refractivity contribution in [1.82, 2.24) is 4.98 Å². The van der Waals surface area contributed by atoms with Gasteiger partial charge in [0, 0.05) is 30.6 Å². The Morgan fingerprint density at radius 3 is 2.64 bits per heavy atom. The molecule has 0 fully saturated rings. The number of rotatable bonds is 12. The lowest BCUT2D eigenvalue weighted by atomic mass is 10.0. The summed E-state index contributed by atoms with van der Waals surface area (Å²) in [6.07, 6.45) is 3.22. The van der Waals surface area contributed by atoms with Crippen LogP contribution in [0.1, 0.15) is 54.8 Å². The lowest BCUT2D eigenvalue weighted by molar-refractivity contribution is -0.136. The molecule has 1 aromatic heterocycles. The van der Waals surface area contributed by atoms with Gasteiger partial charge in [0.05, 0.1) is 12.3 Å². The number of aliphatic carboxylic acids is 1. The topological polar surface area (TPSA) is 84.6 Å². The number of aryl methyl sites for hydroxylation is 4. The van der Waals surface area contributed by atoms with Crippen molar-refractivity contribution < 1.29 is 19.1 Å². The highest BCUT2D eigenvalue weighted by molar-refractivity contribution is 5.67. The van der Waals surface area contributed by atoms with Crippen LogP contribution in [0.3, 0.4) is 0 Å². The van der Waals surface area contributed by atoms with Crippen molar-refractivity contribution in [3.05, 3.63) is 64.5 Å². The van der Waals surface area contributed by atoms with E-state index in [-0.39, 0.29) is 6.42 Å². The largest absolute Gasteiger partial charge is 0.493 e. The highest BCUT2D eigenvalue weighted by Gasteiger charge is 2.13. The first-order valence-corrected chi connectivity index (χ1v) is 11.7. The van der Waals surface area contributed by atoms with E-state index < -0.39 is 5.97 Å². The first kappa shape index (κ1) is 24.4. The van der Waals surface area contributed by atoms with Crippen LogP contribution in [0.25, 0.3) is 11.5 Å². The fraction of sp³-hybridized carbons (Fsp3) is 0.407. The zero-order valence-electron chi connectivity index (χ0n) is 20.0. The molecule has 3 aromatic rings. The van der Waals surface area contributed by atoms with E-state index in [1.54, 1.807) is 0 Å². The predicted molar refractivity (Wildman–Crippen MR) is 131 cm³/mol. The molecule has 0 unspecified atom stereocenters. The van der Waals surface area contributed by atoms with Crippen LogP contribution in [0.15, 0.2) is 40.8 Å². The number of carbonyl (C=O) groups is 1. The van der Waals surface area contributed by atoms with Gasteiger partial charge >= 0.3 is 5.97 Å². The van der Waals surface area contributed by atoms with E-state index in [1.807, 2.05) is 31.2 Å². The Labute approximate surface area is 196 Å². The molecule has 3 rings (SSSR count). The van der Waals surface area contributed by atoms with Gasteiger partial charge in [-0.05, 0) is 74.1 Å². The second kappa shape index (κ2) is 11.5.